The van der Waals surface area contributed by atoms with Gasteiger partial charge in [0.2, 0.25) is 0 Å². The first-order chi connectivity index (χ1) is 4.27. The molecule has 3 heteroatoms. The second-order valence-corrected chi connectivity index (χ2v) is 5.26. The fourth-order valence-electron chi connectivity index (χ4n) is 1.20. The summed E-state index contributed by atoms with van der Waals surface area (Å²) in [6, 6.07) is 0. The molecule has 0 saturated carbocycles. The zero-order chi connectivity index (χ0) is 6.74. The Hall–Kier alpha value is 0.350. The smallest absolute Gasteiger partial charge is 0.0988 e. The summed E-state index contributed by atoms with van der Waals surface area (Å²) < 4.78 is 5.26. The van der Waals surface area contributed by atoms with Gasteiger partial charge in [-0.1, -0.05) is 0 Å². The molecule has 1 heterocycles. The van der Waals surface area contributed by atoms with Gasteiger partial charge < -0.3 is 9.42 Å². The third-order valence-electron chi connectivity index (χ3n) is 1.63. The van der Waals surface area contributed by atoms with Crippen LogP contribution in [0.3, 0.4) is 0 Å². The molecule has 0 unspecified atom stereocenters. The summed E-state index contributed by atoms with van der Waals surface area (Å²) in [5.74, 6) is 0. The van der Waals surface area contributed by atoms with E-state index in [1.807, 2.05) is 6.92 Å². The summed E-state index contributed by atoms with van der Waals surface area (Å²) in [5, 5.41) is 0. The summed E-state index contributed by atoms with van der Waals surface area (Å²) in [7, 11) is -1.82. The first-order valence-corrected chi connectivity index (χ1v) is 5.54. The summed E-state index contributed by atoms with van der Waals surface area (Å²) in [5.41, 5.74) is 0. The van der Waals surface area contributed by atoms with Crippen molar-refractivity contribution >= 4 is 7.72 Å². The Balaban J connectivity index is 2.32. The van der Waals surface area contributed by atoms with E-state index in [0.29, 0.717) is 6.61 Å². The normalized spacial score (nSPS) is 24.7. The van der Waals surface area contributed by atoms with E-state index in [-0.39, 0.29) is 0 Å². The van der Waals surface area contributed by atoms with E-state index in [4.69, 9.17) is 4.52 Å². The molecule has 1 aliphatic rings. The van der Waals surface area contributed by atoms with Gasteiger partial charge >= 0.3 is 0 Å². The van der Waals surface area contributed by atoms with Crippen LogP contribution in [0.4, 0.5) is 0 Å². The maximum absolute atomic E-state index is 9.58. The quantitative estimate of drug-likeness (QED) is 0.605. The maximum Gasteiger partial charge on any atom is 0.0988 e. The van der Waals surface area contributed by atoms with Gasteiger partial charge in [-0.05, 0) is 19.8 Å². The van der Waals surface area contributed by atoms with Crippen LogP contribution in [0, 0.1) is 0 Å². The molecule has 55 valence electrons. The monoisotopic (exact) mass is 149 g/mol. The van der Waals surface area contributed by atoms with Gasteiger partial charge in [-0.2, -0.15) is 0 Å². The fraction of sp³-hybridized carbons (Fsp3) is 1.00. The van der Waals surface area contributed by atoms with Gasteiger partial charge in [0.15, 0.2) is 0 Å². The molecular weight excluding hydrogens is 135 g/mol. The largest absolute Gasteiger partial charge is 0.356 e. The molecule has 0 aliphatic carbocycles. The zero-order valence-electron chi connectivity index (χ0n) is 5.84. The molecule has 0 aromatic heterocycles. The lowest BCUT2D eigenvalue weighted by atomic mass is 10.4. The van der Waals surface area contributed by atoms with Gasteiger partial charge in [-0.15, -0.1) is 0 Å². The highest BCUT2D eigenvalue weighted by Gasteiger charge is 2.28. The van der Waals surface area contributed by atoms with Crippen molar-refractivity contribution in [3.63, 3.8) is 0 Å². The molecule has 1 N–H and O–H groups in total. The van der Waals surface area contributed by atoms with Crippen LogP contribution < -0.4 is 0 Å². The second-order valence-electron chi connectivity index (χ2n) is 2.42. The topological polar surface area (TPSA) is 29.5 Å². The van der Waals surface area contributed by atoms with Crippen molar-refractivity contribution in [1.82, 2.24) is 0 Å². The Labute approximate surface area is 56.7 Å². The fourth-order valence-corrected chi connectivity index (χ4v) is 3.60. The lowest BCUT2D eigenvalue weighted by molar-refractivity contribution is 0.313. The SMILES string of the molecule is CCO[P]1(O)CCCC1. The van der Waals surface area contributed by atoms with E-state index in [1.165, 1.54) is 0 Å². The third kappa shape index (κ3) is 1.89. The average molecular weight is 149 g/mol. The highest BCUT2D eigenvalue weighted by atomic mass is 31.2. The molecule has 1 fully saturated rings. The van der Waals surface area contributed by atoms with Crippen molar-refractivity contribution in [3.05, 3.63) is 0 Å². The van der Waals surface area contributed by atoms with Gasteiger partial charge in [-0.25, -0.2) is 0 Å². The van der Waals surface area contributed by atoms with E-state index >= 15 is 0 Å². The minimum atomic E-state index is -1.82. The van der Waals surface area contributed by atoms with E-state index in [2.05, 4.69) is 0 Å². The van der Waals surface area contributed by atoms with Crippen LogP contribution in [-0.2, 0) is 4.52 Å². The molecule has 0 spiro atoms. The summed E-state index contributed by atoms with van der Waals surface area (Å²) in [6.45, 7) is 2.61. The molecule has 1 aliphatic heterocycles. The Bertz CT molecular complexity index is 89.1. The lowest BCUT2D eigenvalue weighted by Gasteiger charge is -2.22. The molecule has 0 aromatic carbocycles. The van der Waals surface area contributed by atoms with E-state index in [1.54, 1.807) is 0 Å². The molecule has 1 radical (unpaired) electrons. The maximum atomic E-state index is 9.58. The highest BCUT2D eigenvalue weighted by Crippen LogP contribution is 2.60. The zero-order valence-corrected chi connectivity index (χ0v) is 6.73. The van der Waals surface area contributed by atoms with Gasteiger partial charge in [0.1, 0.15) is 0 Å². The van der Waals surface area contributed by atoms with Gasteiger partial charge in [0, 0.05) is 12.3 Å². The summed E-state index contributed by atoms with van der Waals surface area (Å²) in [6.07, 6.45) is 4.18. The van der Waals surface area contributed by atoms with Crippen molar-refractivity contribution < 1.29 is 9.42 Å². The van der Waals surface area contributed by atoms with E-state index in [0.717, 1.165) is 25.2 Å². The second kappa shape index (κ2) is 2.96. The number of hydrogen-bond acceptors (Lipinski definition) is 2. The minimum Gasteiger partial charge on any atom is -0.356 e. The van der Waals surface area contributed by atoms with Crippen LogP contribution in [0.5, 0.6) is 0 Å². The molecule has 0 amide bonds. The Morgan fingerprint density at radius 1 is 1.44 bits per heavy atom. The molecule has 1 rings (SSSR count). The Morgan fingerprint density at radius 2 is 2.00 bits per heavy atom. The first-order valence-electron chi connectivity index (χ1n) is 3.51. The number of rotatable bonds is 2. The van der Waals surface area contributed by atoms with Gasteiger partial charge in [0.05, 0.1) is 14.3 Å². The van der Waals surface area contributed by atoms with Crippen LogP contribution >= 0.6 is 7.72 Å². The number of hydrogen-bond donors (Lipinski definition) is 1. The molecular formula is C6H14O2P. The Kier molecular flexibility index (Phi) is 2.45. The van der Waals surface area contributed by atoms with Crippen LogP contribution in [-0.4, -0.2) is 23.8 Å². The van der Waals surface area contributed by atoms with Gasteiger partial charge in [0.25, 0.3) is 0 Å². The van der Waals surface area contributed by atoms with E-state index in [9.17, 15) is 4.89 Å². The van der Waals surface area contributed by atoms with Crippen molar-refractivity contribution in [2.45, 2.75) is 19.8 Å². The highest BCUT2D eigenvalue weighted by molar-refractivity contribution is 7.65. The van der Waals surface area contributed by atoms with Crippen molar-refractivity contribution in [3.8, 4) is 0 Å². The van der Waals surface area contributed by atoms with Crippen LogP contribution in [0.1, 0.15) is 19.8 Å². The van der Waals surface area contributed by atoms with Crippen molar-refractivity contribution in [2.75, 3.05) is 18.9 Å². The van der Waals surface area contributed by atoms with Crippen molar-refractivity contribution in [2.24, 2.45) is 0 Å². The van der Waals surface area contributed by atoms with Gasteiger partial charge in [-0.3, -0.25) is 0 Å². The predicted octanol–water partition coefficient (Wildman–Crippen LogP) is 1.66. The van der Waals surface area contributed by atoms with Crippen LogP contribution in [0.15, 0.2) is 0 Å². The van der Waals surface area contributed by atoms with Crippen LogP contribution in [0.2, 0.25) is 0 Å². The molecule has 1 saturated heterocycles. The third-order valence-corrected chi connectivity index (χ3v) is 4.40. The minimum absolute atomic E-state index is 0.671. The Morgan fingerprint density at radius 3 is 2.44 bits per heavy atom. The average Bonchev–Trinajstić information content (AvgIpc) is 2.16. The van der Waals surface area contributed by atoms with Crippen molar-refractivity contribution in [1.29, 1.82) is 0 Å². The van der Waals surface area contributed by atoms with E-state index < -0.39 is 7.72 Å². The first kappa shape index (κ1) is 7.46. The molecule has 0 aromatic rings. The predicted molar refractivity (Wildman–Crippen MR) is 39.7 cm³/mol. The lowest BCUT2D eigenvalue weighted by Crippen LogP contribution is -1.98. The van der Waals surface area contributed by atoms with Crippen LogP contribution in [0.25, 0.3) is 0 Å². The molecule has 0 bridgehead atoms. The summed E-state index contributed by atoms with van der Waals surface area (Å²) >= 11 is 0. The summed E-state index contributed by atoms with van der Waals surface area (Å²) in [4.78, 5) is 9.58. The molecule has 9 heavy (non-hydrogen) atoms. The standard InChI is InChI=1S/C6H14O2P/c1-2-8-9(7)5-3-4-6-9/h7H,2-6H2,1H3. The molecule has 2 nitrogen and oxygen atoms in total. The molecule has 0 atom stereocenters.